The molecule has 0 radical (unpaired) electrons. The zero-order chi connectivity index (χ0) is 6.62. The quantitative estimate of drug-likeness (QED) is 0.400. The van der Waals surface area contributed by atoms with Crippen molar-refractivity contribution in [3.05, 3.63) is 12.7 Å². The van der Waals surface area contributed by atoms with E-state index in [1.807, 2.05) is 0 Å². The van der Waals surface area contributed by atoms with Gasteiger partial charge >= 0.3 is 0 Å². The predicted molar refractivity (Wildman–Crippen MR) is 29.0 cm³/mol. The lowest BCUT2D eigenvalue weighted by Crippen LogP contribution is -2.26. The summed E-state index contributed by atoms with van der Waals surface area (Å²) in [6, 6.07) is 0. The molecule has 0 atom stereocenters. The molecule has 3 nitrogen and oxygen atoms in total. The van der Waals surface area contributed by atoms with Crippen LogP contribution < -0.4 is 0 Å². The van der Waals surface area contributed by atoms with Crippen LogP contribution in [0.2, 0.25) is 0 Å². The van der Waals surface area contributed by atoms with E-state index in [-0.39, 0.29) is 6.61 Å². The Labute approximate surface area is 48.2 Å². The molecule has 0 saturated carbocycles. The first-order chi connectivity index (χ1) is 3.56. The molecule has 48 valence electrons. The molecule has 0 aromatic heterocycles. The Morgan fingerprint density at radius 2 is 2.25 bits per heavy atom. The highest BCUT2D eigenvalue weighted by Crippen LogP contribution is 1.97. The van der Waals surface area contributed by atoms with E-state index in [2.05, 4.69) is 11.3 Å². The minimum atomic E-state index is -2.02. The van der Waals surface area contributed by atoms with E-state index in [9.17, 15) is 0 Å². The number of rotatable bonds is 3. The van der Waals surface area contributed by atoms with E-state index < -0.39 is 5.97 Å². The van der Waals surface area contributed by atoms with E-state index in [1.54, 1.807) is 0 Å². The molecule has 0 amide bonds. The Morgan fingerprint density at radius 3 is 2.38 bits per heavy atom. The van der Waals surface area contributed by atoms with Crippen molar-refractivity contribution in [3.63, 3.8) is 0 Å². The summed E-state index contributed by atoms with van der Waals surface area (Å²) in [5.41, 5.74) is 0. The standard InChI is InChI=1S/C5H10O3/c1-3-4-8-5(2,6)7/h3,6-7H,1,4H2,2H3. The number of aliphatic hydroxyl groups is 2. The second-order valence-corrected chi connectivity index (χ2v) is 1.53. The maximum absolute atomic E-state index is 8.43. The minimum absolute atomic E-state index is 0.142. The SMILES string of the molecule is C=CCOC(C)(O)O. The van der Waals surface area contributed by atoms with Gasteiger partial charge in [-0.2, -0.15) is 0 Å². The molecule has 0 aromatic rings. The molecule has 0 bridgehead atoms. The summed E-state index contributed by atoms with van der Waals surface area (Å²) in [5, 5.41) is 16.9. The Kier molecular flexibility index (Phi) is 2.68. The molecule has 0 saturated heterocycles. The highest BCUT2D eigenvalue weighted by atomic mass is 16.8. The van der Waals surface area contributed by atoms with Crippen LogP contribution in [0.25, 0.3) is 0 Å². The molecule has 0 unspecified atom stereocenters. The fourth-order valence-corrected chi connectivity index (χ4v) is 0.217. The fraction of sp³-hybridized carbons (Fsp3) is 0.600. The van der Waals surface area contributed by atoms with Gasteiger partial charge in [0.25, 0.3) is 5.97 Å². The van der Waals surface area contributed by atoms with Crippen molar-refractivity contribution in [2.24, 2.45) is 0 Å². The maximum atomic E-state index is 8.43. The Balaban J connectivity index is 3.24. The average molecular weight is 118 g/mol. The van der Waals surface area contributed by atoms with Gasteiger partial charge in [0.15, 0.2) is 0 Å². The molecule has 8 heavy (non-hydrogen) atoms. The highest BCUT2D eigenvalue weighted by Gasteiger charge is 2.12. The normalized spacial score (nSPS) is 11.4. The van der Waals surface area contributed by atoms with Gasteiger partial charge in [-0.3, -0.25) is 0 Å². The summed E-state index contributed by atoms with van der Waals surface area (Å²) in [5.74, 6) is -2.02. The third-order valence-corrected chi connectivity index (χ3v) is 0.475. The van der Waals surface area contributed by atoms with Gasteiger partial charge < -0.3 is 14.9 Å². The molecule has 0 fully saturated rings. The van der Waals surface area contributed by atoms with Crippen LogP contribution in [-0.2, 0) is 4.74 Å². The number of ether oxygens (including phenoxy) is 1. The van der Waals surface area contributed by atoms with Crippen LogP contribution in [0, 0.1) is 0 Å². The zero-order valence-electron chi connectivity index (χ0n) is 4.79. The molecule has 3 heteroatoms. The van der Waals surface area contributed by atoms with E-state index >= 15 is 0 Å². The van der Waals surface area contributed by atoms with Gasteiger partial charge in [-0.15, -0.1) is 6.58 Å². The van der Waals surface area contributed by atoms with Crippen LogP contribution in [0.15, 0.2) is 12.7 Å². The first-order valence-electron chi connectivity index (χ1n) is 2.26. The smallest absolute Gasteiger partial charge is 0.275 e. The third kappa shape index (κ3) is 5.62. The van der Waals surface area contributed by atoms with E-state index in [4.69, 9.17) is 10.2 Å². The summed E-state index contributed by atoms with van der Waals surface area (Å²) < 4.78 is 4.37. The van der Waals surface area contributed by atoms with Crippen molar-refractivity contribution in [3.8, 4) is 0 Å². The lowest BCUT2D eigenvalue weighted by atomic mass is 10.6. The van der Waals surface area contributed by atoms with Crippen molar-refractivity contribution >= 4 is 0 Å². The Bertz CT molecular complexity index is 72.2. The van der Waals surface area contributed by atoms with E-state index in [0.29, 0.717) is 0 Å². The van der Waals surface area contributed by atoms with Crippen LogP contribution in [0.1, 0.15) is 6.92 Å². The second kappa shape index (κ2) is 2.81. The van der Waals surface area contributed by atoms with Crippen molar-refractivity contribution in [2.45, 2.75) is 12.9 Å². The second-order valence-electron chi connectivity index (χ2n) is 1.53. The van der Waals surface area contributed by atoms with Gasteiger partial charge in [0.2, 0.25) is 0 Å². The topological polar surface area (TPSA) is 49.7 Å². The summed E-state index contributed by atoms with van der Waals surface area (Å²) in [6.07, 6.45) is 1.44. The first kappa shape index (κ1) is 7.62. The fourth-order valence-electron chi connectivity index (χ4n) is 0.217. The van der Waals surface area contributed by atoms with Gasteiger partial charge in [0, 0.05) is 6.92 Å². The Morgan fingerprint density at radius 1 is 1.75 bits per heavy atom. The summed E-state index contributed by atoms with van der Waals surface area (Å²) in [7, 11) is 0. The minimum Gasteiger partial charge on any atom is -0.344 e. The molecule has 0 aliphatic heterocycles. The van der Waals surface area contributed by atoms with Gasteiger partial charge in [-0.1, -0.05) is 6.08 Å². The molecule has 0 aliphatic rings. The predicted octanol–water partition coefficient (Wildman–Crippen LogP) is -0.153. The van der Waals surface area contributed by atoms with Crippen LogP contribution in [0.5, 0.6) is 0 Å². The highest BCUT2D eigenvalue weighted by molar-refractivity contribution is 4.64. The van der Waals surface area contributed by atoms with Gasteiger partial charge in [-0.25, -0.2) is 0 Å². The van der Waals surface area contributed by atoms with Crippen LogP contribution >= 0.6 is 0 Å². The molecule has 0 spiro atoms. The lowest BCUT2D eigenvalue weighted by Gasteiger charge is -2.13. The third-order valence-electron chi connectivity index (χ3n) is 0.475. The van der Waals surface area contributed by atoms with E-state index in [1.165, 1.54) is 6.08 Å². The monoisotopic (exact) mass is 118 g/mol. The average Bonchev–Trinajstić information content (AvgIpc) is 1.59. The molecule has 0 aromatic carbocycles. The van der Waals surface area contributed by atoms with Crippen molar-refractivity contribution in [1.29, 1.82) is 0 Å². The van der Waals surface area contributed by atoms with Gasteiger partial charge in [0.1, 0.15) is 0 Å². The first-order valence-corrected chi connectivity index (χ1v) is 2.26. The summed E-state index contributed by atoms with van der Waals surface area (Å²) in [4.78, 5) is 0. The Hall–Kier alpha value is -0.380. The molecular weight excluding hydrogens is 108 g/mol. The number of hydrogen-bond acceptors (Lipinski definition) is 3. The zero-order valence-corrected chi connectivity index (χ0v) is 4.79. The van der Waals surface area contributed by atoms with Crippen molar-refractivity contribution in [1.82, 2.24) is 0 Å². The molecule has 2 N–H and O–H groups in total. The van der Waals surface area contributed by atoms with Crippen LogP contribution in [0.3, 0.4) is 0 Å². The largest absolute Gasteiger partial charge is 0.344 e. The summed E-state index contributed by atoms with van der Waals surface area (Å²) in [6.45, 7) is 4.59. The summed E-state index contributed by atoms with van der Waals surface area (Å²) >= 11 is 0. The van der Waals surface area contributed by atoms with Crippen LogP contribution in [0.4, 0.5) is 0 Å². The van der Waals surface area contributed by atoms with Gasteiger partial charge in [-0.05, 0) is 0 Å². The number of hydrogen-bond donors (Lipinski definition) is 2. The lowest BCUT2D eigenvalue weighted by molar-refractivity contribution is -0.320. The van der Waals surface area contributed by atoms with Crippen molar-refractivity contribution in [2.75, 3.05) is 6.61 Å². The maximum Gasteiger partial charge on any atom is 0.275 e. The molecule has 0 heterocycles. The van der Waals surface area contributed by atoms with Gasteiger partial charge in [0.05, 0.1) is 6.61 Å². The van der Waals surface area contributed by atoms with E-state index in [0.717, 1.165) is 6.92 Å². The van der Waals surface area contributed by atoms with Crippen LogP contribution in [-0.4, -0.2) is 22.8 Å². The van der Waals surface area contributed by atoms with Crippen molar-refractivity contribution < 1.29 is 14.9 Å². The molecular formula is C5H10O3. The molecule has 0 aliphatic carbocycles. The molecule has 0 rings (SSSR count).